The molecule has 0 atom stereocenters. The van der Waals surface area contributed by atoms with Gasteiger partial charge in [-0.1, -0.05) is 12.1 Å². The van der Waals surface area contributed by atoms with Gasteiger partial charge >= 0.3 is 0 Å². The maximum Gasteiger partial charge on any atom is 0.241 e. The Labute approximate surface area is 148 Å². The molecular formula is C17H14N6OS. The number of nitrogens with zero attached hydrogens (tertiary/aromatic N) is 4. The van der Waals surface area contributed by atoms with Gasteiger partial charge in [0.25, 0.3) is 0 Å². The lowest BCUT2D eigenvalue weighted by Crippen LogP contribution is -2.05. The number of hydrogen-bond donors (Lipinski definition) is 2. The number of amides is 1. The van der Waals surface area contributed by atoms with Gasteiger partial charge in [0.05, 0.1) is 0 Å². The van der Waals surface area contributed by atoms with E-state index < -0.39 is 5.91 Å². The van der Waals surface area contributed by atoms with Gasteiger partial charge in [-0.05, 0) is 47.7 Å². The first-order valence-corrected chi connectivity index (χ1v) is 8.13. The molecule has 0 saturated carbocycles. The monoisotopic (exact) mass is 350 g/mol. The van der Waals surface area contributed by atoms with Crippen LogP contribution >= 0.6 is 11.8 Å². The van der Waals surface area contributed by atoms with Crippen LogP contribution in [0.5, 0.6) is 0 Å². The van der Waals surface area contributed by atoms with E-state index >= 15 is 0 Å². The van der Waals surface area contributed by atoms with Crippen molar-refractivity contribution in [3.8, 4) is 0 Å². The van der Waals surface area contributed by atoms with Gasteiger partial charge in [0.2, 0.25) is 11.9 Å². The molecular weight excluding hydrogens is 336 g/mol. The highest BCUT2D eigenvalue weighted by atomic mass is 32.2. The number of carbonyl (C=O) groups excluding carboxylic acids is 1. The van der Waals surface area contributed by atoms with Gasteiger partial charge in [0, 0.05) is 30.4 Å². The van der Waals surface area contributed by atoms with Crippen LogP contribution in [0.1, 0.15) is 5.56 Å². The molecule has 0 aliphatic rings. The quantitative estimate of drug-likeness (QED) is 0.400. The zero-order valence-corrected chi connectivity index (χ0v) is 13.9. The topological polar surface area (TPSA) is 107 Å². The standard InChI is InChI=1S/C17H14N6OS/c18-14(24)6-5-12-3-1-4-13(11-12)22-16-19-10-7-15(23-16)25-17-20-8-2-9-21-17/h1-11H,(H2,18,24)(H,19,22,23). The van der Waals surface area contributed by atoms with Crippen LogP contribution < -0.4 is 11.1 Å². The summed E-state index contributed by atoms with van der Waals surface area (Å²) in [6, 6.07) is 11.0. The number of primary amides is 1. The highest BCUT2D eigenvalue weighted by Crippen LogP contribution is 2.23. The Balaban J connectivity index is 1.74. The fraction of sp³-hybridized carbons (Fsp3) is 0. The van der Waals surface area contributed by atoms with Gasteiger partial charge in [0.1, 0.15) is 5.03 Å². The number of nitrogens with two attached hydrogens (primary N) is 1. The average molecular weight is 350 g/mol. The molecule has 8 heteroatoms. The molecule has 0 unspecified atom stereocenters. The summed E-state index contributed by atoms with van der Waals surface area (Å²) in [6.45, 7) is 0. The van der Waals surface area contributed by atoms with Crippen molar-refractivity contribution in [2.45, 2.75) is 10.2 Å². The van der Waals surface area contributed by atoms with Crippen LogP contribution in [-0.2, 0) is 4.79 Å². The third-order valence-electron chi connectivity index (χ3n) is 2.95. The normalized spacial score (nSPS) is 10.7. The smallest absolute Gasteiger partial charge is 0.241 e. The van der Waals surface area contributed by atoms with E-state index in [1.165, 1.54) is 17.8 Å². The first-order chi connectivity index (χ1) is 12.2. The van der Waals surface area contributed by atoms with Crippen molar-refractivity contribution < 1.29 is 4.79 Å². The van der Waals surface area contributed by atoms with Crippen molar-refractivity contribution in [2.24, 2.45) is 5.73 Å². The van der Waals surface area contributed by atoms with Gasteiger partial charge in [-0.3, -0.25) is 4.79 Å². The number of carbonyl (C=O) groups is 1. The molecule has 2 heterocycles. The van der Waals surface area contributed by atoms with Gasteiger partial charge in [-0.2, -0.15) is 0 Å². The van der Waals surface area contributed by atoms with Crippen molar-refractivity contribution >= 4 is 35.4 Å². The van der Waals surface area contributed by atoms with E-state index in [2.05, 4.69) is 25.3 Å². The molecule has 25 heavy (non-hydrogen) atoms. The summed E-state index contributed by atoms with van der Waals surface area (Å²) in [4.78, 5) is 27.8. The molecule has 0 aliphatic carbocycles. The minimum Gasteiger partial charge on any atom is -0.366 e. The van der Waals surface area contributed by atoms with Crippen LogP contribution in [-0.4, -0.2) is 25.8 Å². The molecule has 3 N–H and O–H groups in total. The fourth-order valence-corrected chi connectivity index (χ4v) is 2.59. The predicted molar refractivity (Wildman–Crippen MR) is 96.1 cm³/mol. The van der Waals surface area contributed by atoms with Gasteiger partial charge in [0.15, 0.2) is 5.16 Å². The summed E-state index contributed by atoms with van der Waals surface area (Å²) in [5, 5.41) is 4.48. The molecule has 0 radical (unpaired) electrons. The second-order valence-corrected chi connectivity index (χ2v) is 5.83. The average Bonchev–Trinajstić information content (AvgIpc) is 2.61. The summed E-state index contributed by atoms with van der Waals surface area (Å²) >= 11 is 1.35. The van der Waals surface area contributed by atoms with Crippen molar-refractivity contribution in [3.63, 3.8) is 0 Å². The number of nitrogens with one attached hydrogen (secondary N) is 1. The first-order valence-electron chi connectivity index (χ1n) is 7.31. The van der Waals surface area contributed by atoms with E-state index in [1.807, 2.05) is 24.3 Å². The molecule has 3 aromatic rings. The van der Waals surface area contributed by atoms with Crippen molar-refractivity contribution in [1.82, 2.24) is 19.9 Å². The second-order valence-electron chi connectivity index (χ2n) is 4.84. The first kappa shape index (κ1) is 16.6. The Kier molecular flexibility index (Phi) is 5.32. The number of aromatic nitrogens is 4. The number of hydrogen-bond acceptors (Lipinski definition) is 7. The Morgan fingerprint density at radius 2 is 1.92 bits per heavy atom. The summed E-state index contributed by atoms with van der Waals surface area (Å²) in [5.74, 6) is -0.0356. The third-order valence-corrected chi connectivity index (χ3v) is 3.78. The molecule has 0 saturated heterocycles. The molecule has 0 fully saturated rings. The molecule has 0 spiro atoms. The lowest BCUT2D eigenvalue weighted by molar-refractivity contribution is -0.113. The Morgan fingerprint density at radius 3 is 2.72 bits per heavy atom. The Bertz CT molecular complexity index is 900. The van der Waals surface area contributed by atoms with Crippen LogP contribution in [0.3, 0.4) is 0 Å². The number of benzene rings is 1. The molecule has 7 nitrogen and oxygen atoms in total. The molecule has 124 valence electrons. The molecule has 3 rings (SSSR count). The summed E-state index contributed by atoms with van der Waals surface area (Å²) in [5.41, 5.74) is 6.74. The summed E-state index contributed by atoms with van der Waals surface area (Å²) in [7, 11) is 0. The molecule has 1 amide bonds. The van der Waals surface area contributed by atoms with Crippen LogP contribution in [0, 0.1) is 0 Å². The maximum atomic E-state index is 10.8. The SMILES string of the molecule is NC(=O)C=Cc1cccc(Nc2nccc(Sc3ncccn3)n2)c1. The van der Waals surface area contributed by atoms with Crippen molar-refractivity contribution in [2.75, 3.05) is 5.32 Å². The predicted octanol–water partition coefficient (Wildman–Crippen LogP) is 2.66. The second kappa shape index (κ2) is 8.02. The van der Waals surface area contributed by atoms with Crippen LogP contribution in [0.2, 0.25) is 0 Å². The van der Waals surface area contributed by atoms with E-state index in [9.17, 15) is 4.79 Å². The molecule has 0 aliphatic heterocycles. The number of anilines is 2. The molecule has 2 aromatic heterocycles. The highest BCUT2D eigenvalue weighted by Gasteiger charge is 2.04. The lowest BCUT2D eigenvalue weighted by atomic mass is 10.2. The van der Waals surface area contributed by atoms with Gasteiger partial charge in [-0.25, -0.2) is 19.9 Å². The van der Waals surface area contributed by atoms with E-state index in [0.29, 0.717) is 11.1 Å². The minimum absolute atomic E-state index is 0.456. The Hall–Kier alpha value is -3.26. The van der Waals surface area contributed by atoms with E-state index in [1.54, 1.807) is 36.8 Å². The highest BCUT2D eigenvalue weighted by molar-refractivity contribution is 7.99. The van der Waals surface area contributed by atoms with Crippen molar-refractivity contribution in [1.29, 1.82) is 0 Å². The van der Waals surface area contributed by atoms with E-state index in [-0.39, 0.29) is 0 Å². The zero-order valence-electron chi connectivity index (χ0n) is 13.0. The van der Waals surface area contributed by atoms with Crippen LogP contribution in [0.4, 0.5) is 11.6 Å². The van der Waals surface area contributed by atoms with Crippen LogP contribution in [0.25, 0.3) is 6.08 Å². The minimum atomic E-state index is -0.491. The van der Waals surface area contributed by atoms with Crippen LogP contribution in [0.15, 0.2) is 71.2 Å². The van der Waals surface area contributed by atoms with Gasteiger partial charge in [-0.15, -0.1) is 0 Å². The molecule has 0 bridgehead atoms. The molecule has 1 aromatic carbocycles. The van der Waals surface area contributed by atoms with E-state index in [0.717, 1.165) is 16.3 Å². The maximum absolute atomic E-state index is 10.8. The van der Waals surface area contributed by atoms with E-state index in [4.69, 9.17) is 5.73 Å². The number of rotatable bonds is 6. The summed E-state index contributed by atoms with van der Waals surface area (Å²) < 4.78 is 0. The Morgan fingerprint density at radius 1 is 1.08 bits per heavy atom. The lowest BCUT2D eigenvalue weighted by Gasteiger charge is -2.06. The zero-order chi connectivity index (χ0) is 17.5. The fourth-order valence-electron chi connectivity index (χ4n) is 1.92. The summed E-state index contributed by atoms with van der Waals surface area (Å²) in [6.07, 6.45) is 7.99. The third kappa shape index (κ3) is 5.11. The van der Waals surface area contributed by atoms with Crippen molar-refractivity contribution in [3.05, 3.63) is 66.6 Å². The largest absolute Gasteiger partial charge is 0.366 e. The van der Waals surface area contributed by atoms with Gasteiger partial charge < -0.3 is 11.1 Å².